The number of furan rings is 1. The lowest BCUT2D eigenvalue weighted by molar-refractivity contribution is -0.123. The zero-order valence-corrected chi connectivity index (χ0v) is 15.3. The largest absolute Gasteiger partial charge is 0.463 e. The van der Waals surface area contributed by atoms with Crippen molar-refractivity contribution < 1.29 is 23.5 Å². The standard InChI is InChI=1S/C17H13IN2O5/c1-24-16(22)14-7-6-12(25-14)9-20-15(21)13(19-17(20)23)8-10-2-4-11(18)5-3-10/h2-8H,9H2,1H3,(H,19,23)/b13-8-. The smallest absolute Gasteiger partial charge is 0.373 e. The Morgan fingerprint density at radius 1 is 1.24 bits per heavy atom. The summed E-state index contributed by atoms with van der Waals surface area (Å²) in [5, 5.41) is 2.54. The Labute approximate surface area is 156 Å². The molecule has 1 saturated heterocycles. The second-order valence-electron chi connectivity index (χ2n) is 5.19. The van der Waals surface area contributed by atoms with Gasteiger partial charge in [-0.25, -0.2) is 9.59 Å². The number of halogens is 1. The summed E-state index contributed by atoms with van der Waals surface area (Å²) in [6, 6.07) is 9.93. The molecule has 7 nitrogen and oxygen atoms in total. The minimum Gasteiger partial charge on any atom is -0.463 e. The van der Waals surface area contributed by atoms with Gasteiger partial charge < -0.3 is 14.5 Å². The lowest BCUT2D eigenvalue weighted by Crippen LogP contribution is -2.30. The lowest BCUT2D eigenvalue weighted by Gasteiger charge is -2.09. The molecule has 0 unspecified atom stereocenters. The van der Waals surface area contributed by atoms with E-state index in [1.54, 1.807) is 6.08 Å². The lowest BCUT2D eigenvalue weighted by atomic mass is 10.2. The van der Waals surface area contributed by atoms with Crippen LogP contribution in [0.2, 0.25) is 0 Å². The molecule has 128 valence electrons. The van der Waals surface area contributed by atoms with Gasteiger partial charge in [0.2, 0.25) is 5.76 Å². The first-order valence-electron chi connectivity index (χ1n) is 7.25. The Balaban J connectivity index is 1.76. The molecular weight excluding hydrogens is 439 g/mol. The Bertz CT molecular complexity index is 869. The Morgan fingerprint density at radius 3 is 2.64 bits per heavy atom. The monoisotopic (exact) mass is 452 g/mol. The highest BCUT2D eigenvalue weighted by atomic mass is 127. The number of imide groups is 1. The number of carbonyl (C=O) groups excluding carboxylic acids is 3. The number of urea groups is 1. The fraction of sp³-hybridized carbons (Fsp3) is 0.118. The van der Waals surface area contributed by atoms with Crippen molar-refractivity contribution in [3.05, 3.63) is 62.7 Å². The van der Waals surface area contributed by atoms with Crippen molar-refractivity contribution in [3.63, 3.8) is 0 Å². The molecular formula is C17H13IN2O5. The molecule has 2 aromatic rings. The van der Waals surface area contributed by atoms with Gasteiger partial charge in [-0.05, 0) is 58.5 Å². The van der Waals surface area contributed by atoms with Crippen LogP contribution in [0.3, 0.4) is 0 Å². The van der Waals surface area contributed by atoms with E-state index in [1.807, 2.05) is 24.3 Å². The summed E-state index contributed by atoms with van der Waals surface area (Å²) in [4.78, 5) is 36.9. The van der Waals surface area contributed by atoms with Crippen LogP contribution >= 0.6 is 22.6 Å². The zero-order valence-electron chi connectivity index (χ0n) is 13.1. The molecule has 0 radical (unpaired) electrons. The van der Waals surface area contributed by atoms with Crippen LogP contribution in [-0.4, -0.2) is 29.9 Å². The highest BCUT2D eigenvalue weighted by Gasteiger charge is 2.34. The molecule has 1 N–H and O–H groups in total. The van der Waals surface area contributed by atoms with Crippen molar-refractivity contribution in [2.75, 3.05) is 7.11 Å². The number of esters is 1. The number of hydrogen-bond donors (Lipinski definition) is 1. The zero-order chi connectivity index (χ0) is 18.0. The van der Waals surface area contributed by atoms with E-state index in [0.717, 1.165) is 14.0 Å². The fourth-order valence-electron chi connectivity index (χ4n) is 2.27. The van der Waals surface area contributed by atoms with Crippen LogP contribution in [0.1, 0.15) is 21.9 Å². The van der Waals surface area contributed by atoms with E-state index in [1.165, 1.54) is 19.2 Å². The van der Waals surface area contributed by atoms with E-state index < -0.39 is 17.9 Å². The van der Waals surface area contributed by atoms with E-state index in [-0.39, 0.29) is 18.0 Å². The molecule has 1 aliphatic heterocycles. The van der Waals surface area contributed by atoms with Gasteiger partial charge in [-0.15, -0.1) is 0 Å². The van der Waals surface area contributed by atoms with Crippen molar-refractivity contribution in [3.8, 4) is 0 Å². The number of ether oxygens (including phenoxy) is 1. The Morgan fingerprint density at radius 2 is 1.96 bits per heavy atom. The van der Waals surface area contributed by atoms with E-state index >= 15 is 0 Å². The third-order valence-electron chi connectivity index (χ3n) is 3.51. The van der Waals surface area contributed by atoms with E-state index in [0.29, 0.717) is 5.76 Å². The predicted molar refractivity (Wildman–Crippen MR) is 96.3 cm³/mol. The topological polar surface area (TPSA) is 88.9 Å². The maximum absolute atomic E-state index is 12.4. The summed E-state index contributed by atoms with van der Waals surface area (Å²) in [5.74, 6) is -0.763. The second kappa shape index (κ2) is 7.09. The summed E-state index contributed by atoms with van der Waals surface area (Å²) in [6.45, 7) is -0.0777. The van der Waals surface area contributed by atoms with Gasteiger partial charge in [0.15, 0.2) is 0 Å². The molecule has 2 heterocycles. The van der Waals surface area contributed by atoms with Crippen LogP contribution in [0, 0.1) is 3.57 Å². The summed E-state index contributed by atoms with van der Waals surface area (Å²) < 4.78 is 10.9. The molecule has 0 spiro atoms. The van der Waals surface area contributed by atoms with E-state index in [2.05, 4.69) is 32.6 Å². The molecule has 1 fully saturated rings. The number of nitrogens with zero attached hydrogens (tertiary/aromatic N) is 1. The van der Waals surface area contributed by atoms with Crippen LogP contribution < -0.4 is 5.32 Å². The number of nitrogens with one attached hydrogen (secondary N) is 1. The minimum absolute atomic E-state index is 0.0132. The van der Waals surface area contributed by atoms with Crippen molar-refractivity contribution in [1.29, 1.82) is 0 Å². The molecule has 0 atom stereocenters. The van der Waals surface area contributed by atoms with Gasteiger partial charge in [-0.1, -0.05) is 12.1 Å². The number of benzene rings is 1. The highest BCUT2D eigenvalue weighted by molar-refractivity contribution is 14.1. The van der Waals surface area contributed by atoms with Crippen molar-refractivity contribution in [2.24, 2.45) is 0 Å². The van der Waals surface area contributed by atoms with Gasteiger partial charge in [0.25, 0.3) is 5.91 Å². The minimum atomic E-state index is -0.622. The number of rotatable bonds is 4. The summed E-state index contributed by atoms with van der Waals surface area (Å²) in [7, 11) is 1.24. The molecule has 0 saturated carbocycles. The normalized spacial score (nSPS) is 15.6. The molecule has 0 aliphatic carbocycles. The number of carbonyl (C=O) groups is 3. The van der Waals surface area contributed by atoms with Crippen LogP contribution in [0.4, 0.5) is 4.79 Å². The third kappa shape index (κ3) is 3.73. The first kappa shape index (κ1) is 17.2. The molecule has 0 bridgehead atoms. The predicted octanol–water partition coefficient (Wildman–Crippen LogP) is 2.76. The first-order chi connectivity index (χ1) is 12.0. The Hall–Kier alpha value is -2.62. The fourth-order valence-corrected chi connectivity index (χ4v) is 2.63. The Kier molecular flexibility index (Phi) is 4.88. The van der Waals surface area contributed by atoms with Gasteiger partial charge >= 0.3 is 12.0 Å². The van der Waals surface area contributed by atoms with E-state index in [9.17, 15) is 14.4 Å². The molecule has 8 heteroatoms. The van der Waals surface area contributed by atoms with Crippen molar-refractivity contribution in [1.82, 2.24) is 10.2 Å². The van der Waals surface area contributed by atoms with E-state index in [4.69, 9.17) is 4.42 Å². The average Bonchev–Trinajstić information content (AvgIpc) is 3.17. The molecule has 3 amide bonds. The van der Waals surface area contributed by atoms with Crippen LogP contribution in [0.5, 0.6) is 0 Å². The van der Waals surface area contributed by atoms with Crippen molar-refractivity contribution in [2.45, 2.75) is 6.54 Å². The second-order valence-corrected chi connectivity index (χ2v) is 6.43. The van der Waals surface area contributed by atoms with Crippen molar-refractivity contribution >= 4 is 46.6 Å². The number of amides is 3. The average molecular weight is 452 g/mol. The van der Waals surface area contributed by atoms with Gasteiger partial charge in [-0.3, -0.25) is 9.69 Å². The summed E-state index contributed by atoms with van der Waals surface area (Å²) in [6.07, 6.45) is 1.61. The first-order valence-corrected chi connectivity index (χ1v) is 8.33. The summed E-state index contributed by atoms with van der Waals surface area (Å²) >= 11 is 2.18. The summed E-state index contributed by atoms with van der Waals surface area (Å²) in [5.41, 5.74) is 0.989. The van der Waals surface area contributed by atoms with Crippen LogP contribution in [-0.2, 0) is 16.1 Å². The van der Waals surface area contributed by atoms with Gasteiger partial charge in [0, 0.05) is 3.57 Å². The van der Waals surface area contributed by atoms with Gasteiger partial charge in [0.05, 0.1) is 13.7 Å². The SMILES string of the molecule is COC(=O)c1ccc(CN2C(=O)N/C(=C\c3ccc(I)cc3)C2=O)o1. The molecule has 1 aromatic heterocycles. The van der Waals surface area contributed by atoms with Crippen LogP contribution in [0.25, 0.3) is 6.08 Å². The molecule has 1 aliphatic rings. The van der Waals surface area contributed by atoms with Crippen LogP contribution in [0.15, 0.2) is 46.5 Å². The molecule has 1 aromatic carbocycles. The third-order valence-corrected chi connectivity index (χ3v) is 4.22. The van der Waals surface area contributed by atoms with Gasteiger partial charge in [0.1, 0.15) is 11.5 Å². The quantitative estimate of drug-likeness (QED) is 0.334. The highest BCUT2D eigenvalue weighted by Crippen LogP contribution is 2.19. The number of methoxy groups -OCH3 is 1. The maximum Gasteiger partial charge on any atom is 0.373 e. The van der Waals surface area contributed by atoms with Gasteiger partial charge in [-0.2, -0.15) is 0 Å². The maximum atomic E-state index is 12.4. The number of hydrogen-bond acceptors (Lipinski definition) is 5. The molecule has 25 heavy (non-hydrogen) atoms. The molecule has 3 rings (SSSR count).